The summed E-state index contributed by atoms with van der Waals surface area (Å²) in [5, 5.41) is 3.93. The number of rotatable bonds is 4. The molecule has 2 aromatic rings. The third kappa shape index (κ3) is 2.74. The van der Waals surface area contributed by atoms with Gasteiger partial charge in [-0.15, -0.1) is 0 Å². The lowest BCUT2D eigenvalue weighted by Crippen LogP contribution is -2.05. The molecule has 4 heteroatoms. The SMILES string of the molecule is COc1ccc(NC(C)c2ccoc2)cc1Cl. The van der Waals surface area contributed by atoms with Gasteiger partial charge in [0.05, 0.1) is 30.7 Å². The lowest BCUT2D eigenvalue weighted by Gasteiger charge is -2.14. The molecule has 0 saturated carbocycles. The lowest BCUT2D eigenvalue weighted by atomic mass is 10.1. The number of anilines is 1. The Kier molecular flexibility index (Phi) is 3.59. The summed E-state index contributed by atoms with van der Waals surface area (Å²) in [6, 6.07) is 7.71. The zero-order chi connectivity index (χ0) is 12.3. The average molecular weight is 252 g/mol. The lowest BCUT2D eigenvalue weighted by molar-refractivity contribution is 0.415. The molecule has 0 aliphatic carbocycles. The third-order valence-electron chi connectivity index (χ3n) is 2.58. The molecule has 0 spiro atoms. The van der Waals surface area contributed by atoms with Gasteiger partial charge >= 0.3 is 0 Å². The van der Waals surface area contributed by atoms with Gasteiger partial charge < -0.3 is 14.5 Å². The van der Waals surface area contributed by atoms with Gasteiger partial charge in [-0.1, -0.05) is 11.6 Å². The predicted molar refractivity (Wildman–Crippen MR) is 68.7 cm³/mol. The highest BCUT2D eigenvalue weighted by Gasteiger charge is 2.08. The number of halogens is 1. The average Bonchev–Trinajstić information content (AvgIpc) is 2.82. The van der Waals surface area contributed by atoms with Crippen LogP contribution in [0.15, 0.2) is 41.2 Å². The first-order chi connectivity index (χ1) is 8.20. The van der Waals surface area contributed by atoms with Crippen molar-refractivity contribution in [3.63, 3.8) is 0 Å². The Labute approximate surface area is 105 Å². The molecule has 0 aliphatic heterocycles. The van der Waals surface area contributed by atoms with Gasteiger partial charge in [-0.25, -0.2) is 0 Å². The number of hydrogen-bond acceptors (Lipinski definition) is 3. The largest absolute Gasteiger partial charge is 0.495 e. The van der Waals surface area contributed by atoms with Gasteiger partial charge in [0.1, 0.15) is 5.75 Å². The second-order valence-electron chi connectivity index (χ2n) is 3.77. The molecular weight excluding hydrogens is 238 g/mol. The zero-order valence-electron chi connectivity index (χ0n) is 9.74. The maximum atomic E-state index is 6.05. The second kappa shape index (κ2) is 5.15. The van der Waals surface area contributed by atoms with Gasteiger partial charge in [-0.05, 0) is 31.2 Å². The molecule has 1 aromatic heterocycles. The molecule has 1 N–H and O–H groups in total. The summed E-state index contributed by atoms with van der Waals surface area (Å²) in [5.74, 6) is 0.674. The fourth-order valence-electron chi connectivity index (χ4n) is 1.61. The molecule has 0 fully saturated rings. The van der Waals surface area contributed by atoms with E-state index in [4.69, 9.17) is 20.8 Å². The number of hydrogen-bond donors (Lipinski definition) is 1. The first kappa shape index (κ1) is 11.9. The maximum Gasteiger partial charge on any atom is 0.137 e. The Morgan fingerprint density at radius 3 is 2.76 bits per heavy atom. The van der Waals surface area contributed by atoms with Crippen LogP contribution in [0.3, 0.4) is 0 Å². The Bertz CT molecular complexity index is 482. The topological polar surface area (TPSA) is 34.4 Å². The van der Waals surface area contributed by atoms with Crippen LogP contribution < -0.4 is 10.1 Å². The summed E-state index contributed by atoms with van der Waals surface area (Å²) in [4.78, 5) is 0. The summed E-state index contributed by atoms with van der Waals surface area (Å²) in [5.41, 5.74) is 2.04. The van der Waals surface area contributed by atoms with Crippen LogP contribution in [-0.2, 0) is 0 Å². The Morgan fingerprint density at radius 2 is 2.18 bits per heavy atom. The summed E-state index contributed by atoms with van der Waals surface area (Å²) >= 11 is 6.05. The van der Waals surface area contributed by atoms with Crippen molar-refractivity contribution in [3.8, 4) is 5.75 Å². The smallest absolute Gasteiger partial charge is 0.137 e. The van der Waals surface area contributed by atoms with Gasteiger partial charge in [0.15, 0.2) is 0 Å². The van der Waals surface area contributed by atoms with Crippen molar-refractivity contribution in [2.75, 3.05) is 12.4 Å². The van der Waals surface area contributed by atoms with Gasteiger partial charge in [-0.3, -0.25) is 0 Å². The molecular formula is C13H14ClNO2. The van der Waals surface area contributed by atoms with E-state index in [1.54, 1.807) is 19.6 Å². The summed E-state index contributed by atoms with van der Waals surface area (Å²) < 4.78 is 10.1. The van der Waals surface area contributed by atoms with E-state index in [0.717, 1.165) is 11.3 Å². The van der Waals surface area contributed by atoms with Crippen molar-refractivity contribution < 1.29 is 9.15 Å². The Balaban J connectivity index is 2.11. The van der Waals surface area contributed by atoms with E-state index in [-0.39, 0.29) is 6.04 Å². The van der Waals surface area contributed by atoms with E-state index in [9.17, 15) is 0 Å². The van der Waals surface area contributed by atoms with Crippen LogP contribution in [0.5, 0.6) is 5.75 Å². The fraction of sp³-hybridized carbons (Fsp3) is 0.231. The Morgan fingerprint density at radius 1 is 1.35 bits per heavy atom. The van der Waals surface area contributed by atoms with Crippen molar-refractivity contribution in [1.82, 2.24) is 0 Å². The van der Waals surface area contributed by atoms with Gasteiger partial charge in [-0.2, -0.15) is 0 Å². The second-order valence-corrected chi connectivity index (χ2v) is 4.18. The molecule has 1 heterocycles. The molecule has 0 aliphatic rings. The predicted octanol–water partition coefficient (Wildman–Crippen LogP) is 4.11. The molecule has 1 atom stereocenters. The minimum absolute atomic E-state index is 0.165. The van der Waals surface area contributed by atoms with E-state index < -0.39 is 0 Å². The highest BCUT2D eigenvalue weighted by Crippen LogP contribution is 2.29. The summed E-state index contributed by atoms with van der Waals surface area (Å²) in [6.07, 6.45) is 3.39. The fourth-order valence-corrected chi connectivity index (χ4v) is 1.87. The quantitative estimate of drug-likeness (QED) is 0.888. The number of benzene rings is 1. The number of methoxy groups -OCH3 is 1. The van der Waals surface area contributed by atoms with E-state index in [1.807, 2.05) is 24.3 Å². The van der Waals surface area contributed by atoms with Crippen molar-refractivity contribution in [3.05, 3.63) is 47.4 Å². The molecule has 0 amide bonds. The molecule has 0 saturated heterocycles. The van der Waals surface area contributed by atoms with Crippen LogP contribution in [-0.4, -0.2) is 7.11 Å². The molecule has 17 heavy (non-hydrogen) atoms. The van der Waals surface area contributed by atoms with Crippen LogP contribution in [0.25, 0.3) is 0 Å². The summed E-state index contributed by atoms with van der Waals surface area (Å²) in [7, 11) is 1.60. The van der Waals surface area contributed by atoms with Crippen molar-refractivity contribution in [2.24, 2.45) is 0 Å². The Hall–Kier alpha value is -1.61. The van der Waals surface area contributed by atoms with E-state index in [0.29, 0.717) is 10.8 Å². The maximum absolute atomic E-state index is 6.05. The number of nitrogens with one attached hydrogen (secondary N) is 1. The number of ether oxygens (including phenoxy) is 1. The van der Waals surface area contributed by atoms with E-state index in [1.165, 1.54) is 0 Å². The van der Waals surface area contributed by atoms with Crippen LogP contribution in [0.4, 0.5) is 5.69 Å². The number of furan rings is 1. The van der Waals surface area contributed by atoms with Crippen LogP contribution in [0, 0.1) is 0 Å². The monoisotopic (exact) mass is 251 g/mol. The standard InChI is InChI=1S/C13H14ClNO2/c1-9(10-5-6-17-8-10)15-11-3-4-13(16-2)12(14)7-11/h3-9,15H,1-2H3. The first-order valence-electron chi connectivity index (χ1n) is 5.33. The minimum atomic E-state index is 0.165. The summed E-state index contributed by atoms with van der Waals surface area (Å²) in [6.45, 7) is 2.06. The van der Waals surface area contributed by atoms with Crippen LogP contribution >= 0.6 is 11.6 Å². The van der Waals surface area contributed by atoms with E-state index >= 15 is 0 Å². The van der Waals surface area contributed by atoms with Crippen molar-refractivity contribution in [2.45, 2.75) is 13.0 Å². The van der Waals surface area contributed by atoms with E-state index in [2.05, 4.69) is 12.2 Å². The highest BCUT2D eigenvalue weighted by atomic mass is 35.5. The first-order valence-corrected chi connectivity index (χ1v) is 5.70. The molecule has 2 rings (SSSR count). The minimum Gasteiger partial charge on any atom is -0.495 e. The van der Waals surface area contributed by atoms with Crippen LogP contribution in [0.2, 0.25) is 5.02 Å². The molecule has 1 aromatic carbocycles. The normalized spacial score (nSPS) is 12.2. The molecule has 3 nitrogen and oxygen atoms in total. The van der Waals surface area contributed by atoms with Crippen molar-refractivity contribution in [1.29, 1.82) is 0 Å². The third-order valence-corrected chi connectivity index (χ3v) is 2.87. The van der Waals surface area contributed by atoms with Crippen molar-refractivity contribution >= 4 is 17.3 Å². The molecule has 1 unspecified atom stereocenters. The molecule has 0 bridgehead atoms. The van der Waals surface area contributed by atoms with Gasteiger partial charge in [0.25, 0.3) is 0 Å². The molecule has 0 radical (unpaired) electrons. The highest BCUT2D eigenvalue weighted by molar-refractivity contribution is 6.32. The van der Waals surface area contributed by atoms with Gasteiger partial charge in [0.2, 0.25) is 0 Å². The van der Waals surface area contributed by atoms with Crippen LogP contribution in [0.1, 0.15) is 18.5 Å². The van der Waals surface area contributed by atoms with Gasteiger partial charge in [0, 0.05) is 11.3 Å². The zero-order valence-corrected chi connectivity index (χ0v) is 10.5. The molecule has 90 valence electrons.